The van der Waals surface area contributed by atoms with Crippen molar-refractivity contribution in [2.75, 3.05) is 13.1 Å². The number of fused-ring (bicyclic) bond motifs is 1. The van der Waals surface area contributed by atoms with E-state index >= 15 is 0 Å². The Labute approximate surface area is 123 Å². The average Bonchev–Trinajstić information content (AvgIpc) is 2.94. The maximum Gasteiger partial charge on any atom is 0.194 e. The third kappa shape index (κ3) is 2.13. The topological polar surface area (TPSA) is 44.3 Å². The number of rotatable bonds is 2. The third-order valence-corrected chi connectivity index (χ3v) is 5.26. The molecule has 0 radical (unpaired) electrons. The Morgan fingerprint density at radius 2 is 2.10 bits per heavy atom. The number of nitrogens with zero attached hydrogens (tertiary/aromatic N) is 4. The Kier molecular flexibility index (Phi) is 3.53. The summed E-state index contributed by atoms with van der Waals surface area (Å²) in [5.41, 5.74) is 3.23. The van der Waals surface area contributed by atoms with Crippen molar-refractivity contribution in [2.24, 2.45) is 5.92 Å². The molecular formula is C15H20N4S. The van der Waals surface area contributed by atoms with Crippen molar-refractivity contribution in [3.05, 3.63) is 22.5 Å². The Morgan fingerprint density at radius 3 is 2.75 bits per heavy atom. The van der Waals surface area contributed by atoms with Gasteiger partial charge in [-0.1, -0.05) is 6.92 Å². The molecule has 0 bridgehead atoms. The lowest BCUT2D eigenvalue weighted by molar-refractivity contribution is 0.162. The minimum atomic E-state index is -0.175. The smallest absolute Gasteiger partial charge is 0.194 e. The first-order chi connectivity index (χ1) is 9.61. The van der Waals surface area contributed by atoms with Crippen LogP contribution in [0.4, 0.5) is 0 Å². The van der Waals surface area contributed by atoms with E-state index in [1.54, 1.807) is 11.3 Å². The van der Waals surface area contributed by atoms with Gasteiger partial charge in [-0.2, -0.15) is 5.26 Å². The summed E-state index contributed by atoms with van der Waals surface area (Å²) in [6.07, 6.45) is 2.36. The molecule has 2 aromatic heterocycles. The largest absolute Gasteiger partial charge is 0.289 e. The van der Waals surface area contributed by atoms with Crippen molar-refractivity contribution in [3.8, 4) is 6.07 Å². The van der Waals surface area contributed by atoms with E-state index in [2.05, 4.69) is 39.6 Å². The van der Waals surface area contributed by atoms with Crippen LogP contribution in [-0.2, 0) is 0 Å². The second-order valence-electron chi connectivity index (χ2n) is 5.83. The van der Waals surface area contributed by atoms with Crippen LogP contribution >= 0.6 is 11.3 Å². The van der Waals surface area contributed by atoms with Gasteiger partial charge >= 0.3 is 0 Å². The Bertz CT molecular complexity index is 655. The zero-order valence-corrected chi connectivity index (χ0v) is 13.1. The summed E-state index contributed by atoms with van der Waals surface area (Å²) in [6, 6.07) is 2.33. The summed E-state index contributed by atoms with van der Waals surface area (Å²) in [6.45, 7) is 8.42. The molecule has 0 saturated carbocycles. The highest BCUT2D eigenvalue weighted by atomic mass is 32.1. The SMILES string of the molecule is Cc1nc2scc(C)n2c1C(C#N)N1CCC(C)CC1. The zero-order chi connectivity index (χ0) is 14.3. The van der Waals surface area contributed by atoms with Gasteiger partial charge in [0.15, 0.2) is 4.96 Å². The summed E-state index contributed by atoms with van der Waals surface area (Å²) in [4.78, 5) is 7.93. The maximum atomic E-state index is 9.70. The van der Waals surface area contributed by atoms with Gasteiger partial charge in [0.25, 0.3) is 0 Å². The number of nitriles is 1. The molecule has 3 heterocycles. The number of hydrogen-bond acceptors (Lipinski definition) is 4. The van der Waals surface area contributed by atoms with Crippen LogP contribution in [0.1, 0.15) is 42.9 Å². The molecule has 1 unspecified atom stereocenters. The fourth-order valence-electron chi connectivity index (χ4n) is 3.05. The van der Waals surface area contributed by atoms with E-state index in [0.29, 0.717) is 0 Å². The molecule has 0 N–H and O–H groups in total. The van der Waals surface area contributed by atoms with E-state index in [0.717, 1.165) is 35.4 Å². The molecule has 1 aliphatic rings. The molecule has 20 heavy (non-hydrogen) atoms. The van der Waals surface area contributed by atoms with Crippen LogP contribution < -0.4 is 0 Å². The highest BCUT2D eigenvalue weighted by Crippen LogP contribution is 2.31. The van der Waals surface area contributed by atoms with Crippen LogP contribution in [0.5, 0.6) is 0 Å². The molecule has 1 saturated heterocycles. The predicted molar refractivity (Wildman–Crippen MR) is 80.9 cm³/mol. The predicted octanol–water partition coefficient (Wildman–Crippen LogP) is 3.31. The monoisotopic (exact) mass is 288 g/mol. The summed E-state index contributed by atoms with van der Waals surface area (Å²) in [7, 11) is 0. The van der Waals surface area contributed by atoms with Crippen LogP contribution in [0, 0.1) is 31.1 Å². The van der Waals surface area contributed by atoms with Crippen LogP contribution in [0.15, 0.2) is 5.38 Å². The summed E-state index contributed by atoms with van der Waals surface area (Å²) in [5.74, 6) is 0.778. The van der Waals surface area contributed by atoms with Crippen molar-refractivity contribution in [1.82, 2.24) is 14.3 Å². The number of thiazole rings is 1. The molecule has 4 nitrogen and oxygen atoms in total. The number of piperidine rings is 1. The van der Waals surface area contributed by atoms with E-state index in [4.69, 9.17) is 0 Å². The first kappa shape index (κ1) is 13.6. The molecule has 1 fully saturated rings. The maximum absolute atomic E-state index is 9.70. The minimum absolute atomic E-state index is 0.175. The summed E-state index contributed by atoms with van der Waals surface area (Å²) in [5, 5.41) is 11.8. The molecular weight excluding hydrogens is 268 g/mol. The Morgan fingerprint density at radius 1 is 1.40 bits per heavy atom. The van der Waals surface area contributed by atoms with Gasteiger partial charge in [-0.05, 0) is 32.6 Å². The third-order valence-electron chi connectivity index (χ3n) is 4.32. The fraction of sp³-hybridized carbons (Fsp3) is 0.600. The fourth-order valence-corrected chi connectivity index (χ4v) is 3.97. The first-order valence-electron chi connectivity index (χ1n) is 7.18. The number of aryl methyl sites for hydroxylation is 2. The second kappa shape index (κ2) is 5.19. The molecule has 3 rings (SSSR count). The molecule has 0 spiro atoms. The quantitative estimate of drug-likeness (QED) is 0.851. The van der Waals surface area contributed by atoms with Gasteiger partial charge in [-0.15, -0.1) is 11.3 Å². The molecule has 1 aliphatic heterocycles. The van der Waals surface area contributed by atoms with E-state index in [1.807, 2.05) is 6.92 Å². The van der Waals surface area contributed by atoms with Gasteiger partial charge in [0, 0.05) is 24.2 Å². The van der Waals surface area contributed by atoms with Gasteiger partial charge in [0.2, 0.25) is 0 Å². The van der Waals surface area contributed by atoms with Crippen molar-refractivity contribution in [3.63, 3.8) is 0 Å². The molecule has 106 valence electrons. The van der Waals surface area contributed by atoms with Crippen LogP contribution in [0.3, 0.4) is 0 Å². The van der Waals surface area contributed by atoms with E-state index < -0.39 is 0 Å². The van der Waals surface area contributed by atoms with Gasteiger partial charge < -0.3 is 0 Å². The van der Waals surface area contributed by atoms with Crippen molar-refractivity contribution in [1.29, 1.82) is 5.26 Å². The number of aromatic nitrogens is 2. The zero-order valence-electron chi connectivity index (χ0n) is 12.3. The van der Waals surface area contributed by atoms with Crippen LogP contribution in [0.25, 0.3) is 4.96 Å². The first-order valence-corrected chi connectivity index (χ1v) is 8.06. The molecule has 2 aromatic rings. The normalized spacial score (nSPS) is 19.3. The highest BCUT2D eigenvalue weighted by molar-refractivity contribution is 7.15. The molecule has 0 aromatic carbocycles. The van der Waals surface area contributed by atoms with Crippen molar-refractivity contribution >= 4 is 16.3 Å². The minimum Gasteiger partial charge on any atom is -0.289 e. The van der Waals surface area contributed by atoms with E-state index in [1.165, 1.54) is 18.5 Å². The number of hydrogen-bond donors (Lipinski definition) is 0. The van der Waals surface area contributed by atoms with E-state index in [-0.39, 0.29) is 6.04 Å². The summed E-state index contributed by atoms with van der Waals surface area (Å²) >= 11 is 1.65. The molecule has 5 heteroatoms. The average molecular weight is 288 g/mol. The van der Waals surface area contributed by atoms with E-state index in [9.17, 15) is 5.26 Å². The van der Waals surface area contributed by atoms with Gasteiger partial charge in [-0.3, -0.25) is 9.30 Å². The highest BCUT2D eigenvalue weighted by Gasteiger charge is 2.29. The Balaban J connectivity index is 2.01. The Hall–Kier alpha value is -1.38. The van der Waals surface area contributed by atoms with Gasteiger partial charge in [-0.25, -0.2) is 4.98 Å². The lowest BCUT2D eigenvalue weighted by Gasteiger charge is -2.33. The standard InChI is InChI=1S/C15H20N4S/c1-10-4-6-18(7-5-10)13(8-16)14-12(3)17-15-19(14)11(2)9-20-15/h9-10,13H,4-7H2,1-3H3. The molecule has 1 atom stereocenters. The second-order valence-corrected chi connectivity index (χ2v) is 6.66. The van der Waals surface area contributed by atoms with Gasteiger partial charge in [0.1, 0.15) is 6.04 Å². The molecule has 0 aliphatic carbocycles. The lowest BCUT2D eigenvalue weighted by atomic mass is 9.97. The number of imidazole rings is 1. The van der Waals surface area contributed by atoms with Crippen LogP contribution in [0.2, 0.25) is 0 Å². The van der Waals surface area contributed by atoms with Crippen molar-refractivity contribution < 1.29 is 0 Å². The molecule has 0 amide bonds. The number of likely N-dealkylation sites (tertiary alicyclic amines) is 1. The van der Waals surface area contributed by atoms with Gasteiger partial charge in [0.05, 0.1) is 17.5 Å². The van der Waals surface area contributed by atoms with Crippen molar-refractivity contribution in [2.45, 2.75) is 39.7 Å². The summed E-state index contributed by atoms with van der Waals surface area (Å²) < 4.78 is 2.16. The lowest BCUT2D eigenvalue weighted by Crippen LogP contribution is -2.36. The van der Waals surface area contributed by atoms with Crippen LogP contribution in [-0.4, -0.2) is 27.4 Å².